The number of fused-ring (bicyclic) bond motifs is 1. The number of halogens is 3. The number of rotatable bonds is 9. The Morgan fingerprint density at radius 1 is 0.955 bits per heavy atom. The predicted octanol–water partition coefficient (Wildman–Crippen LogP) is 6.81. The molecular weight excluding hydrogens is 569 g/mol. The summed E-state index contributed by atoms with van der Waals surface area (Å²) in [5.41, 5.74) is 3.36. The fourth-order valence-electron chi connectivity index (χ4n) is 5.27. The molecule has 1 aliphatic heterocycles. The number of carbonyl (C=O) groups is 2. The molecule has 1 aromatic heterocycles. The van der Waals surface area contributed by atoms with E-state index in [4.69, 9.17) is 4.74 Å². The average Bonchev–Trinajstić information content (AvgIpc) is 3.70. The van der Waals surface area contributed by atoms with Crippen LogP contribution in [-0.2, 0) is 30.7 Å². The SMILES string of the molecule is O=C(Nc1ccc2c(c1)CNC2C(=O)Cn1cccn1)c1cccc(OCc2ccccc2)c1-c1ccc(C(F)(F)F)cc1. The normalized spacial score (nSPS) is 14.2. The largest absolute Gasteiger partial charge is 0.488 e. The number of anilines is 1. The van der Waals surface area contributed by atoms with Crippen LogP contribution in [0, 0.1) is 0 Å². The second-order valence-electron chi connectivity index (χ2n) is 10.4. The Labute approximate surface area is 251 Å². The van der Waals surface area contributed by atoms with Crippen molar-refractivity contribution in [2.45, 2.75) is 31.9 Å². The number of Topliss-reactive ketones (excluding diaryl/α,β-unsaturated/α-hetero) is 1. The van der Waals surface area contributed by atoms with E-state index in [9.17, 15) is 22.8 Å². The molecule has 0 radical (unpaired) electrons. The number of nitrogens with zero attached hydrogens (tertiary/aromatic N) is 2. The molecule has 0 fully saturated rings. The zero-order valence-electron chi connectivity index (χ0n) is 23.3. The molecule has 7 nitrogen and oxygen atoms in total. The molecule has 44 heavy (non-hydrogen) atoms. The smallest absolute Gasteiger partial charge is 0.416 e. The summed E-state index contributed by atoms with van der Waals surface area (Å²) in [4.78, 5) is 26.6. The predicted molar refractivity (Wildman–Crippen MR) is 159 cm³/mol. The highest BCUT2D eigenvalue weighted by atomic mass is 19.4. The lowest BCUT2D eigenvalue weighted by Crippen LogP contribution is -2.25. The molecule has 2 N–H and O–H groups in total. The van der Waals surface area contributed by atoms with Gasteiger partial charge in [0.2, 0.25) is 0 Å². The molecular formula is C34H27F3N4O3. The van der Waals surface area contributed by atoms with E-state index in [1.807, 2.05) is 42.5 Å². The van der Waals surface area contributed by atoms with E-state index in [1.54, 1.807) is 47.4 Å². The highest BCUT2D eigenvalue weighted by molar-refractivity contribution is 6.09. The van der Waals surface area contributed by atoms with E-state index in [0.29, 0.717) is 29.1 Å². The number of alkyl halides is 3. The third kappa shape index (κ3) is 6.25. The van der Waals surface area contributed by atoms with Gasteiger partial charge in [0.05, 0.1) is 17.2 Å². The van der Waals surface area contributed by atoms with Gasteiger partial charge < -0.3 is 10.1 Å². The molecule has 10 heteroatoms. The van der Waals surface area contributed by atoms with Crippen LogP contribution in [0.3, 0.4) is 0 Å². The lowest BCUT2D eigenvalue weighted by Gasteiger charge is -2.17. The van der Waals surface area contributed by atoms with Crippen molar-refractivity contribution in [1.29, 1.82) is 0 Å². The first-order valence-electron chi connectivity index (χ1n) is 13.9. The number of hydrogen-bond acceptors (Lipinski definition) is 5. The van der Waals surface area contributed by atoms with E-state index < -0.39 is 23.7 Å². The quantitative estimate of drug-likeness (QED) is 0.195. The number of benzene rings is 4. The minimum absolute atomic E-state index is 0.0299. The number of carbonyl (C=O) groups excluding carboxylic acids is 2. The first-order chi connectivity index (χ1) is 21.3. The maximum Gasteiger partial charge on any atom is 0.416 e. The van der Waals surface area contributed by atoms with Crippen LogP contribution < -0.4 is 15.4 Å². The number of nitrogens with one attached hydrogen (secondary N) is 2. The molecule has 1 aliphatic rings. The molecule has 5 aromatic rings. The molecule has 0 aliphatic carbocycles. The van der Waals surface area contributed by atoms with E-state index in [-0.39, 0.29) is 24.5 Å². The fourth-order valence-corrected chi connectivity index (χ4v) is 5.27. The van der Waals surface area contributed by atoms with Gasteiger partial charge >= 0.3 is 6.18 Å². The van der Waals surface area contributed by atoms with Crippen LogP contribution in [0.5, 0.6) is 5.75 Å². The Morgan fingerprint density at radius 3 is 2.48 bits per heavy atom. The zero-order chi connectivity index (χ0) is 30.7. The Kier molecular flexibility index (Phi) is 7.99. The van der Waals surface area contributed by atoms with Gasteiger partial charge in [-0.15, -0.1) is 0 Å². The number of amides is 1. The number of ketones is 1. The molecule has 0 saturated heterocycles. The highest BCUT2D eigenvalue weighted by Crippen LogP contribution is 2.37. The van der Waals surface area contributed by atoms with Gasteiger partial charge in [-0.1, -0.05) is 54.6 Å². The fraction of sp³-hybridized carbons (Fsp3) is 0.147. The molecule has 1 unspecified atom stereocenters. The Morgan fingerprint density at radius 2 is 1.75 bits per heavy atom. The van der Waals surface area contributed by atoms with Crippen LogP contribution in [0.2, 0.25) is 0 Å². The summed E-state index contributed by atoms with van der Waals surface area (Å²) >= 11 is 0. The van der Waals surface area contributed by atoms with E-state index in [1.165, 1.54) is 12.1 Å². The van der Waals surface area contributed by atoms with Crippen molar-refractivity contribution in [1.82, 2.24) is 15.1 Å². The van der Waals surface area contributed by atoms with Crippen LogP contribution in [-0.4, -0.2) is 21.5 Å². The Bertz CT molecular complexity index is 1790. The molecule has 1 atom stereocenters. The summed E-state index contributed by atoms with van der Waals surface area (Å²) in [6.07, 6.45) is -1.15. The van der Waals surface area contributed by atoms with Crippen LogP contribution in [0.1, 0.15) is 38.7 Å². The molecule has 0 bridgehead atoms. The third-order valence-electron chi connectivity index (χ3n) is 7.42. The van der Waals surface area contributed by atoms with Gasteiger partial charge in [-0.2, -0.15) is 18.3 Å². The summed E-state index contributed by atoms with van der Waals surface area (Å²) in [6.45, 7) is 0.795. The monoisotopic (exact) mass is 596 g/mol. The lowest BCUT2D eigenvalue weighted by molar-refractivity contribution is -0.137. The maximum absolute atomic E-state index is 13.7. The van der Waals surface area contributed by atoms with Gasteiger partial charge in [-0.25, -0.2) is 0 Å². The van der Waals surface area contributed by atoms with Crippen LogP contribution in [0.4, 0.5) is 18.9 Å². The summed E-state index contributed by atoms with van der Waals surface area (Å²) < 4.78 is 47.5. The van der Waals surface area contributed by atoms with Gasteiger partial charge in [-0.05, 0) is 64.7 Å². The molecule has 0 saturated carbocycles. The van der Waals surface area contributed by atoms with E-state index in [0.717, 1.165) is 28.8 Å². The Hall–Kier alpha value is -5.22. The second-order valence-corrected chi connectivity index (χ2v) is 10.4. The van der Waals surface area contributed by atoms with E-state index >= 15 is 0 Å². The van der Waals surface area contributed by atoms with Gasteiger partial charge in [0.25, 0.3) is 5.91 Å². The average molecular weight is 597 g/mol. The van der Waals surface area contributed by atoms with Crippen molar-refractivity contribution in [3.63, 3.8) is 0 Å². The molecule has 6 rings (SSSR count). The molecule has 222 valence electrons. The number of aromatic nitrogens is 2. The summed E-state index contributed by atoms with van der Waals surface area (Å²) in [6, 6.07) is 25.7. The van der Waals surface area contributed by atoms with Gasteiger partial charge in [0.1, 0.15) is 18.9 Å². The summed E-state index contributed by atoms with van der Waals surface area (Å²) in [5, 5.41) is 10.2. The zero-order valence-corrected chi connectivity index (χ0v) is 23.3. The summed E-state index contributed by atoms with van der Waals surface area (Å²) in [7, 11) is 0. The minimum Gasteiger partial charge on any atom is -0.488 e. The van der Waals surface area contributed by atoms with Crippen LogP contribution >= 0.6 is 0 Å². The minimum atomic E-state index is -4.49. The molecule has 4 aromatic carbocycles. The standard InChI is InChI=1S/C34H27F3N4O3/c35-34(36,37)25-12-10-23(11-13-25)31-28(8-4-9-30(31)44-21-22-6-2-1-3-7-22)33(43)40-26-14-15-27-24(18-26)19-38-32(27)29(42)20-41-17-5-16-39-41/h1-18,32,38H,19-21H2,(H,40,43). The van der Waals surface area contributed by atoms with Gasteiger partial charge in [0.15, 0.2) is 5.78 Å². The van der Waals surface area contributed by atoms with Crippen LogP contribution in [0.15, 0.2) is 109 Å². The van der Waals surface area contributed by atoms with Crippen molar-refractivity contribution in [2.75, 3.05) is 5.32 Å². The third-order valence-corrected chi connectivity index (χ3v) is 7.42. The lowest BCUT2D eigenvalue weighted by atomic mass is 9.96. The van der Waals surface area contributed by atoms with E-state index in [2.05, 4.69) is 15.7 Å². The number of ether oxygens (including phenoxy) is 1. The van der Waals surface area contributed by atoms with Crippen molar-refractivity contribution in [2.24, 2.45) is 0 Å². The second kappa shape index (κ2) is 12.2. The first-order valence-corrected chi connectivity index (χ1v) is 13.9. The van der Waals surface area contributed by atoms with Crippen molar-refractivity contribution >= 4 is 17.4 Å². The topological polar surface area (TPSA) is 85.3 Å². The summed E-state index contributed by atoms with van der Waals surface area (Å²) in [5.74, 6) is -0.127. The molecule has 1 amide bonds. The van der Waals surface area contributed by atoms with Crippen LogP contribution in [0.25, 0.3) is 11.1 Å². The highest BCUT2D eigenvalue weighted by Gasteiger charge is 2.31. The van der Waals surface area contributed by atoms with Crippen molar-refractivity contribution in [3.05, 3.63) is 137 Å². The van der Waals surface area contributed by atoms with Gasteiger partial charge in [0, 0.05) is 30.2 Å². The van der Waals surface area contributed by atoms with Crippen molar-refractivity contribution < 1.29 is 27.5 Å². The Balaban J connectivity index is 1.27. The van der Waals surface area contributed by atoms with Crippen molar-refractivity contribution in [3.8, 4) is 16.9 Å². The first kappa shape index (κ1) is 28.9. The maximum atomic E-state index is 13.7. The molecule has 2 heterocycles. The van der Waals surface area contributed by atoms with Gasteiger partial charge in [-0.3, -0.25) is 19.6 Å². The molecule has 0 spiro atoms. The number of hydrogen-bond donors (Lipinski definition) is 2.